The lowest BCUT2D eigenvalue weighted by atomic mass is 9.92. The van der Waals surface area contributed by atoms with Crippen molar-refractivity contribution in [3.8, 4) is 0 Å². The van der Waals surface area contributed by atoms with E-state index in [0.29, 0.717) is 12.1 Å². The van der Waals surface area contributed by atoms with E-state index in [1.165, 1.54) is 6.08 Å². The maximum absolute atomic E-state index is 10.3. The largest absolute Gasteiger partial charge is 0.481 e. The summed E-state index contributed by atoms with van der Waals surface area (Å²) in [7, 11) is 0. The molecule has 5 nitrogen and oxygen atoms in total. The van der Waals surface area contributed by atoms with Gasteiger partial charge in [0.15, 0.2) is 5.96 Å². The van der Waals surface area contributed by atoms with E-state index in [9.17, 15) is 4.79 Å². The number of aliphatic carboxylic acids is 1. The van der Waals surface area contributed by atoms with Gasteiger partial charge in [0.25, 0.3) is 0 Å². The van der Waals surface area contributed by atoms with Crippen LogP contribution < -0.4 is 11.5 Å². The second-order valence-corrected chi connectivity index (χ2v) is 2.34. The van der Waals surface area contributed by atoms with Crippen LogP contribution in [0.3, 0.4) is 0 Å². The van der Waals surface area contributed by atoms with Crippen LogP contribution in [0.5, 0.6) is 0 Å². The van der Waals surface area contributed by atoms with E-state index in [0.717, 1.165) is 0 Å². The second kappa shape index (κ2) is 2.61. The second-order valence-electron chi connectivity index (χ2n) is 2.34. The van der Waals surface area contributed by atoms with Crippen molar-refractivity contribution in [1.82, 2.24) is 0 Å². The van der Waals surface area contributed by atoms with Gasteiger partial charge in [0.1, 0.15) is 0 Å². The summed E-state index contributed by atoms with van der Waals surface area (Å²) in [5, 5.41) is 8.43. The molecule has 1 rings (SSSR count). The van der Waals surface area contributed by atoms with Crippen LogP contribution in [0.1, 0.15) is 6.42 Å². The third kappa shape index (κ3) is 1.70. The Morgan fingerprint density at radius 1 is 1.73 bits per heavy atom. The summed E-state index contributed by atoms with van der Waals surface area (Å²) in [6, 6.07) is 0. The van der Waals surface area contributed by atoms with Crippen LogP contribution in [-0.4, -0.2) is 17.0 Å². The molecule has 0 bridgehead atoms. The molecule has 0 aromatic rings. The summed E-state index contributed by atoms with van der Waals surface area (Å²) in [4.78, 5) is 13.9. The highest BCUT2D eigenvalue weighted by Crippen LogP contribution is 2.26. The number of nitrogens with two attached hydrogens (primary N) is 2. The van der Waals surface area contributed by atoms with Crippen LogP contribution in [0, 0.1) is 5.92 Å². The average molecular weight is 155 g/mol. The molecule has 5 heteroatoms. The first-order valence-corrected chi connectivity index (χ1v) is 3.12. The monoisotopic (exact) mass is 155 g/mol. The minimum atomic E-state index is -0.834. The summed E-state index contributed by atoms with van der Waals surface area (Å²) in [5.41, 5.74) is 10.8. The van der Waals surface area contributed by atoms with Gasteiger partial charge in [0.2, 0.25) is 0 Å². The van der Waals surface area contributed by atoms with Crippen LogP contribution in [0.15, 0.2) is 16.8 Å². The van der Waals surface area contributed by atoms with Crippen molar-refractivity contribution in [2.75, 3.05) is 0 Å². The Kier molecular flexibility index (Phi) is 1.80. The minimum Gasteiger partial charge on any atom is -0.481 e. The van der Waals surface area contributed by atoms with Gasteiger partial charge in [0, 0.05) is 12.1 Å². The zero-order valence-electron chi connectivity index (χ0n) is 5.82. The lowest BCUT2D eigenvalue weighted by Crippen LogP contribution is -2.25. The Hall–Kier alpha value is -1.52. The summed E-state index contributed by atoms with van der Waals surface area (Å²) in [6.07, 6.45) is 1.95. The number of nitrogens with zero attached hydrogens (tertiary/aromatic N) is 1. The number of hydrogen-bond donors (Lipinski definition) is 3. The SMILES string of the molecule is NC(N)=NC1=C[C@@H](C(=O)O)C1. The molecule has 60 valence electrons. The minimum absolute atomic E-state index is 0.0277. The van der Waals surface area contributed by atoms with E-state index in [-0.39, 0.29) is 5.96 Å². The fraction of sp³-hybridized carbons (Fsp3) is 0.333. The molecule has 0 heterocycles. The van der Waals surface area contributed by atoms with Crippen molar-refractivity contribution in [2.24, 2.45) is 22.4 Å². The molecule has 0 saturated heterocycles. The van der Waals surface area contributed by atoms with E-state index >= 15 is 0 Å². The standard InChI is InChI=1S/C6H9N3O2/c7-6(8)9-4-1-3(2-4)5(10)11/h1,3H,2H2,(H,10,11)(H4,7,8,9)/t3-/m1/s1. The van der Waals surface area contributed by atoms with Crippen LogP contribution in [0.2, 0.25) is 0 Å². The highest BCUT2D eigenvalue weighted by atomic mass is 16.4. The summed E-state index contributed by atoms with van der Waals surface area (Å²) in [6.45, 7) is 0. The molecule has 0 unspecified atom stereocenters. The molecule has 1 atom stereocenters. The van der Waals surface area contributed by atoms with Gasteiger partial charge in [-0.3, -0.25) is 4.79 Å². The fourth-order valence-electron chi connectivity index (χ4n) is 0.831. The van der Waals surface area contributed by atoms with Crippen molar-refractivity contribution in [3.05, 3.63) is 11.8 Å². The zero-order chi connectivity index (χ0) is 8.43. The van der Waals surface area contributed by atoms with E-state index in [1.54, 1.807) is 0 Å². The molecule has 0 radical (unpaired) electrons. The molecule has 11 heavy (non-hydrogen) atoms. The first-order valence-electron chi connectivity index (χ1n) is 3.12. The summed E-state index contributed by atoms with van der Waals surface area (Å²) < 4.78 is 0. The summed E-state index contributed by atoms with van der Waals surface area (Å²) >= 11 is 0. The van der Waals surface area contributed by atoms with Crippen molar-refractivity contribution in [3.63, 3.8) is 0 Å². The highest BCUT2D eigenvalue weighted by molar-refractivity contribution is 5.79. The van der Waals surface area contributed by atoms with Gasteiger partial charge in [-0.25, -0.2) is 4.99 Å². The lowest BCUT2D eigenvalue weighted by Gasteiger charge is -2.17. The molecule has 0 aliphatic heterocycles. The molecule has 0 amide bonds. The molecule has 0 saturated carbocycles. The molecular formula is C6H9N3O2. The van der Waals surface area contributed by atoms with E-state index in [2.05, 4.69) is 4.99 Å². The number of carbonyl (C=O) groups is 1. The maximum atomic E-state index is 10.3. The van der Waals surface area contributed by atoms with Gasteiger partial charge < -0.3 is 16.6 Å². The van der Waals surface area contributed by atoms with E-state index in [1.807, 2.05) is 0 Å². The molecule has 1 aliphatic rings. The molecular weight excluding hydrogens is 146 g/mol. The third-order valence-corrected chi connectivity index (χ3v) is 1.41. The average Bonchev–Trinajstić information content (AvgIpc) is 1.75. The molecule has 0 fully saturated rings. The Morgan fingerprint density at radius 3 is 2.64 bits per heavy atom. The van der Waals surface area contributed by atoms with Gasteiger partial charge in [-0.2, -0.15) is 0 Å². The van der Waals surface area contributed by atoms with Crippen molar-refractivity contribution < 1.29 is 9.90 Å². The predicted octanol–water partition coefficient (Wildman–Crippen LogP) is -0.752. The predicted molar refractivity (Wildman–Crippen MR) is 39.6 cm³/mol. The topological polar surface area (TPSA) is 102 Å². The van der Waals surface area contributed by atoms with Gasteiger partial charge in [-0.1, -0.05) is 0 Å². The highest BCUT2D eigenvalue weighted by Gasteiger charge is 2.25. The number of rotatable bonds is 2. The number of guanidine groups is 1. The Bertz CT molecular complexity index is 240. The lowest BCUT2D eigenvalue weighted by molar-refractivity contribution is -0.140. The zero-order valence-corrected chi connectivity index (χ0v) is 5.82. The normalized spacial score (nSPS) is 21.5. The Balaban J connectivity index is 2.53. The van der Waals surface area contributed by atoms with E-state index in [4.69, 9.17) is 16.6 Å². The van der Waals surface area contributed by atoms with Gasteiger partial charge >= 0.3 is 5.97 Å². The Morgan fingerprint density at radius 2 is 2.27 bits per heavy atom. The third-order valence-electron chi connectivity index (χ3n) is 1.41. The summed E-state index contributed by atoms with van der Waals surface area (Å²) in [5.74, 6) is -1.27. The molecule has 1 aliphatic carbocycles. The maximum Gasteiger partial charge on any atom is 0.310 e. The first-order chi connectivity index (χ1) is 5.09. The van der Waals surface area contributed by atoms with Gasteiger partial charge in [0.05, 0.1) is 5.92 Å². The Labute approximate surface area is 63.4 Å². The smallest absolute Gasteiger partial charge is 0.310 e. The van der Waals surface area contributed by atoms with Crippen LogP contribution in [0.25, 0.3) is 0 Å². The van der Waals surface area contributed by atoms with Crippen LogP contribution in [-0.2, 0) is 4.79 Å². The molecule has 0 aromatic heterocycles. The first kappa shape index (κ1) is 7.59. The fourth-order valence-corrected chi connectivity index (χ4v) is 0.831. The number of allylic oxidation sites excluding steroid dienone is 1. The number of hydrogen-bond acceptors (Lipinski definition) is 2. The number of carboxylic acids is 1. The molecule has 0 aromatic carbocycles. The number of carboxylic acid groups (broad SMARTS) is 1. The van der Waals surface area contributed by atoms with Crippen molar-refractivity contribution >= 4 is 11.9 Å². The van der Waals surface area contributed by atoms with Gasteiger partial charge in [-0.05, 0) is 6.08 Å². The van der Waals surface area contributed by atoms with E-state index < -0.39 is 11.9 Å². The quantitative estimate of drug-likeness (QED) is 0.360. The van der Waals surface area contributed by atoms with Gasteiger partial charge in [-0.15, -0.1) is 0 Å². The number of aliphatic imine (C=N–C) groups is 1. The van der Waals surface area contributed by atoms with Crippen LogP contribution in [0.4, 0.5) is 0 Å². The van der Waals surface area contributed by atoms with Crippen molar-refractivity contribution in [1.29, 1.82) is 0 Å². The molecule has 0 spiro atoms. The van der Waals surface area contributed by atoms with Crippen LogP contribution >= 0.6 is 0 Å². The van der Waals surface area contributed by atoms with Crippen molar-refractivity contribution in [2.45, 2.75) is 6.42 Å². The molecule has 5 N–H and O–H groups in total.